The van der Waals surface area contributed by atoms with Crippen LogP contribution >= 0.6 is 11.3 Å². The first-order valence-electron chi connectivity index (χ1n) is 6.18. The van der Waals surface area contributed by atoms with Gasteiger partial charge in [0, 0.05) is 18.2 Å². The molecule has 2 aromatic heterocycles. The molecular formula is C13H14N3O2S. The molecule has 1 aliphatic heterocycles. The van der Waals surface area contributed by atoms with E-state index in [0.717, 1.165) is 11.3 Å². The molecular weight excluding hydrogens is 262 g/mol. The molecule has 0 N–H and O–H groups in total. The highest BCUT2D eigenvalue weighted by Gasteiger charge is 2.34. The average Bonchev–Trinajstić information content (AvgIpc) is 3.14. The van der Waals surface area contributed by atoms with E-state index in [1.807, 2.05) is 4.90 Å². The van der Waals surface area contributed by atoms with Crippen LogP contribution < -0.4 is 4.90 Å². The highest BCUT2D eigenvalue weighted by Crippen LogP contribution is 2.35. The highest BCUT2D eigenvalue weighted by molar-refractivity contribution is 7.10. The van der Waals surface area contributed by atoms with Gasteiger partial charge in [0.2, 0.25) is 5.88 Å². The summed E-state index contributed by atoms with van der Waals surface area (Å²) in [5, 5.41) is 3.74. The van der Waals surface area contributed by atoms with Gasteiger partial charge in [-0.1, -0.05) is 19.0 Å². The van der Waals surface area contributed by atoms with Crippen molar-refractivity contribution in [3.63, 3.8) is 0 Å². The molecule has 0 aromatic carbocycles. The minimum Gasteiger partial charge on any atom is -0.466 e. The molecule has 19 heavy (non-hydrogen) atoms. The van der Waals surface area contributed by atoms with Crippen LogP contribution in [0.5, 0.6) is 0 Å². The minimum absolute atomic E-state index is 0.116. The lowest BCUT2D eigenvalue weighted by molar-refractivity contribution is 0.128. The van der Waals surface area contributed by atoms with E-state index in [9.17, 15) is 0 Å². The van der Waals surface area contributed by atoms with E-state index >= 15 is 0 Å². The van der Waals surface area contributed by atoms with E-state index in [1.165, 1.54) is 11.3 Å². The Labute approximate surface area is 115 Å². The smallest absolute Gasteiger partial charge is 0.234 e. The zero-order valence-corrected chi connectivity index (χ0v) is 11.6. The largest absolute Gasteiger partial charge is 0.466 e. The molecule has 0 spiro atoms. The molecule has 0 bridgehead atoms. The Morgan fingerprint density at radius 2 is 2.47 bits per heavy atom. The molecule has 6 heteroatoms. The van der Waals surface area contributed by atoms with Crippen LogP contribution in [-0.4, -0.2) is 16.4 Å². The van der Waals surface area contributed by atoms with Crippen LogP contribution in [0.1, 0.15) is 25.1 Å². The van der Waals surface area contributed by atoms with Crippen LogP contribution in [0, 0.1) is 12.1 Å². The fourth-order valence-corrected chi connectivity index (χ4v) is 2.46. The van der Waals surface area contributed by atoms with Gasteiger partial charge in [-0.25, -0.2) is 0 Å². The molecule has 0 amide bonds. The molecule has 2 aromatic rings. The predicted molar refractivity (Wildman–Crippen MR) is 72.1 cm³/mol. The van der Waals surface area contributed by atoms with Crippen molar-refractivity contribution < 1.29 is 9.26 Å². The van der Waals surface area contributed by atoms with Gasteiger partial charge in [0.05, 0.1) is 16.6 Å². The van der Waals surface area contributed by atoms with Gasteiger partial charge < -0.3 is 9.26 Å². The van der Waals surface area contributed by atoms with Crippen molar-refractivity contribution in [2.24, 2.45) is 5.92 Å². The van der Waals surface area contributed by atoms with Crippen molar-refractivity contribution in [2.45, 2.75) is 26.5 Å². The number of nitrogens with zero attached hydrogens (tertiary/aromatic N) is 3. The molecule has 0 saturated heterocycles. The van der Waals surface area contributed by atoms with Crippen LogP contribution in [0.15, 0.2) is 28.5 Å². The van der Waals surface area contributed by atoms with Gasteiger partial charge in [-0.2, -0.15) is 0 Å². The fraction of sp³-hybridized carbons (Fsp3) is 0.385. The molecule has 3 heterocycles. The predicted octanol–water partition coefficient (Wildman–Crippen LogP) is 3.14. The van der Waals surface area contributed by atoms with Crippen LogP contribution in [0.2, 0.25) is 0 Å². The summed E-state index contributed by atoms with van der Waals surface area (Å²) in [6, 6.07) is 1.81. The van der Waals surface area contributed by atoms with E-state index < -0.39 is 0 Å². The number of rotatable bonds is 4. The van der Waals surface area contributed by atoms with Crippen molar-refractivity contribution in [1.82, 2.24) is 10.1 Å². The second kappa shape index (κ2) is 5.05. The number of anilines is 1. The summed E-state index contributed by atoms with van der Waals surface area (Å²) in [6.07, 6.45) is 7.52. The molecule has 0 fully saturated rings. The Morgan fingerprint density at radius 3 is 3.11 bits per heavy atom. The number of thiazole rings is 1. The van der Waals surface area contributed by atoms with Crippen molar-refractivity contribution in [3.8, 4) is 0 Å². The lowest BCUT2D eigenvalue weighted by Crippen LogP contribution is -2.33. The SMILES string of the molecule is CCC(C)C1OC(c2cncs2)=[C]N1c1ccno1. The van der Waals surface area contributed by atoms with E-state index in [4.69, 9.17) is 9.26 Å². The summed E-state index contributed by atoms with van der Waals surface area (Å²) in [4.78, 5) is 6.91. The fourth-order valence-electron chi connectivity index (χ4n) is 1.90. The first kappa shape index (κ1) is 12.2. The molecule has 0 aliphatic carbocycles. The van der Waals surface area contributed by atoms with Gasteiger partial charge in [-0.05, 0) is 6.42 Å². The Bertz CT molecular complexity index is 550. The lowest BCUT2D eigenvalue weighted by Gasteiger charge is -2.25. The molecule has 2 unspecified atom stereocenters. The lowest BCUT2D eigenvalue weighted by atomic mass is 10.1. The number of hydrogen-bond donors (Lipinski definition) is 0. The van der Waals surface area contributed by atoms with E-state index in [-0.39, 0.29) is 6.23 Å². The van der Waals surface area contributed by atoms with E-state index in [1.54, 1.807) is 24.0 Å². The first-order chi connectivity index (χ1) is 9.29. The first-order valence-corrected chi connectivity index (χ1v) is 7.06. The maximum Gasteiger partial charge on any atom is 0.234 e. The van der Waals surface area contributed by atoms with Crippen LogP contribution in [0.25, 0.3) is 5.76 Å². The maximum absolute atomic E-state index is 6.01. The monoisotopic (exact) mass is 276 g/mol. The zero-order chi connectivity index (χ0) is 13.2. The standard InChI is InChI=1S/C13H14N3O2S/c1-3-9(2)13-16(12-4-5-15-18-12)7-10(17-13)11-6-14-8-19-11/h4-6,8-9,13H,3H2,1-2H3. The summed E-state index contributed by atoms with van der Waals surface area (Å²) >= 11 is 1.53. The summed E-state index contributed by atoms with van der Waals surface area (Å²) in [5.74, 6) is 1.71. The molecule has 5 nitrogen and oxygen atoms in total. The molecule has 1 aliphatic rings. The van der Waals surface area contributed by atoms with Gasteiger partial charge >= 0.3 is 0 Å². The van der Waals surface area contributed by atoms with Gasteiger partial charge in [-0.15, -0.1) is 11.3 Å². The van der Waals surface area contributed by atoms with Crippen molar-refractivity contribution in [1.29, 1.82) is 0 Å². The highest BCUT2D eigenvalue weighted by atomic mass is 32.1. The summed E-state index contributed by atoms with van der Waals surface area (Å²) in [6.45, 7) is 4.28. The number of hydrogen-bond acceptors (Lipinski definition) is 6. The number of ether oxygens (including phenoxy) is 1. The minimum atomic E-state index is -0.116. The third-order valence-electron chi connectivity index (χ3n) is 3.16. The van der Waals surface area contributed by atoms with Crippen molar-refractivity contribution in [3.05, 3.63) is 35.0 Å². The van der Waals surface area contributed by atoms with Gasteiger partial charge in [0.1, 0.15) is 6.20 Å². The number of aromatic nitrogens is 2. The van der Waals surface area contributed by atoms with Crippen LogP contribution in [-0.2, 0) is 4.74 Å². The van der Waals surface area contributed by atoms with Crippen molar-refractivity contribution in [2.75, 3.05) is 4.90 Å². The molecule has 1 radical (unpaired) electrons. The maximum atomic E-state index is 6.01. The second-order valence-electron chi connectivity index (χ2n) is 4.42. The van der Waals surface area contributed by atoms with E-state index in [0.29, 0.717) is 17.6 Å². The topological polar surface area (TPSA) is 51.4 Å². The third-order valence-corrected chi connectivity index (χ3v) is 3.94. The Kier molecular flexibility index (Phi) is 3.25. The van der Waals surface area contributed by atoms with Gasteiger partial charge in [0.15, 0.2) is 12.0 Å². The zero-order valence-electron chi connectivity index (χ0n) is 10.7. The average molecular weight is 276 g/mol. The molecule has 2 atom stereocenters. The molecule has 3 rings (SSSR count). The second-order valence-corrected chi connectivity index (χ2v) is 5.31. The molecule has 0 saturated carbocycles. The third kappa shape index (κ3) is 2.23. The Balaban J connectivity index is 1.92. The van der Waals surface area contributed by atoms with Gasteiger partial charge in [0.25, 0.3) is 0 Å². The normalized spacial score (nSPS) is 20.2. The molecule has 99 valence electrons. The Hall–Kier alpha value is -1.82. The summed E-state index contributed by atoms with van der Waals surface area (Å²) < 4.78 is 11.2. The van der Waals surface area contributed by atoms with Crippen LogP contribution in [0.4, 0.5) is 5.88 Å². The summed E-state index contributed by atoms with van der Waals surface area (Å²) in [7, 11) is 0. The summed E-state index contributed by atoms with van der Waals surface area (Å²) in [5.41, 5.74) is 1.78. The van der Waals surface area contributed by atoms with Gasteiger partial charge in [-0.3, -0.25) is 9.88 Å². The quantitative estimate of drug-likeness (QED) is 0.858. The van der Waals surface area contributed by atoms with E-state index in [2.05, 4.69) is 30.2 Å². The Morgan fingerprint density at radius 1 is 1.58 bits per heavy atom. The van der Waals surface area contributed by atoms with Crippen molar-refractivity contribution >= 4 is 23.0 Å². The van der Waals surface area contributed by atoms with Crippen LogP contribution in [0.3, 0.4) is 0 Å².